The minimum Gasteiger partial charge on any atom is -0.456 e. The molecule has 0 aliphatic rings. The Kier molecular flexibility index (Phi) is 6.82. The van der Waals surface area contributed by atoms with Crippen molar-refractivity contribution in [2.24, 2.45) is 5.14 Å². The number of carbonyl (C=O) groups is 1. The molecule has 3 rings (SSSR count). The molecule has 0 aromatic heterocycles. The van der Waals surface area contributed by atoms with Crippen molar-refractivity contribution in [3.8, 4) is 11.5 Å². The highest BCUT2D eigenvalue weighted by Gasteiger charge is 2.11. The van der Waals surface area contributed by atoms with Crippen molar-refractivity contribution in [1.29, 1.82) is 0 Å². The highest BCUT2D eigenvalue weighted by molar-refractivity contribution is 9.10. The molecule has 1 amide bonds. The van der Waals surface area contributed by atoms with Gasteiger partial charge in [0.15, 0.2) is 0 Å². The summed E-state index contributed by atoms with van der Waals surface area (Å²) in [5, 5.41) is 8.35. The Bertz CT molecular complexity index is 1200. The SMILES string of the molecule is Cc1ccc(CC(=O)Nc2ccc(S(N)(=O)=O)cc2)cc1Oc1cc(Cl)ccc1Br. The van der Waals surface area contributed by atoms with Crippen molar-refractivity contribution >= 4 is 49.1 Å². The van der Waals surface area contributed by atoms with Crippen LogP contribution in [-0.2, 0) is 21.2 Å². The Morgan fingerprint density at radius 2 is 1.77 bits per heavy atom. The van der Waals surface area contributed by atoms with Gasteiger partial charge in [0.05, 0.1) is 15.8 Å². The Hall–Kier alpha value is -2.39. The summed E-state index contributed by atoms with van der Waals surface area (Å²) >= 11 is 9.47. The van der Waals surface area contributed by atoms with Crippen LogP contribution in [0.2, 0.25) is 5.02 Å². The number of hydrogen-bond donors (Lipinski definition) is 2. The van der Waals surface area contributed by atoms with Gasteiger partial charge in [-0.2, -0.15) is 0 Å². The third-order valence-corrected chi connectivity index (χ3v) is 6.02. The van der Waals surface area contributed by atoms with E-state index in [2.05, 4.69) is 21.2 Å². The predicted octanol–water partition coefficient (Wildman–Crippen LogP) is 5.03. The van der Waals surface area contributed by atoms with Gasteiger partial charge in [-0.15, -0.1) is 0 Å². The molecule has 0 aliphatic carbocycles. The summed E-state index contributed by atoms with van der Waals surface area (Å²) in [5.74, 6) is 0.931. The molecule has 3 aromatic carbocycles. The van der Waals surface area contributed by atoms with Crippen molar-refractivity contribution in [2.45, 2.75) is 18.2 Å². The molecule has 156 valence electrons. The standard InChI is InChI=1S/C21H18BrClN2O4S/c1-13-2-3-14(10-19(13)29-20-12-15(23)4-9-18(20)22)11-21(26)25-16-5-7-17(8-6-16)30(24,27)28/h2-10,12H,11H2,1H3,(H,25,26)(H2,24,27,28). The number of nitrogens with two attached hydrogens (primary N) is 1. The molecule has 0 unspecified atom stereocenters. The van der Waals surface area contributed by atoms with E-state index in [0.717, 1.165) is 15.6 Å². The van der Waals surface area contributed by atoms with E-state index in [4.69, 9.17) is 21.5 Å². The monoisotopic (exact) mass is 508 g/mol. The molecule has 0 radical (unpaired) electrons. The van der Waals surface area contributed by atoms with Crippen LogP contribution < -0.4 is 15.2 Å². The van der Waals surface area contributed by atoms with Gasteiger partial charge in [-0.05, 0) is 76.4 Å². The van der Waals surface area contributed by atoms with Gasteiger partial charge in [-0.25, -0.2) is 13.6 Å². The van der Waals surface area contributed by atoms with E-state index in [-0.39, 0.29) is 17.2 Å². The summed E-state index contributed by atoms with van der Waals surface area (Å²) in [7, 11) is -3.78. The van der Waals surface area contributed by atoms with Gasteiger partial charge in [0.2, 0.25) is 15.9 Å². The van der Waals surface area contributed by atoms with Crippen LogP contribution in [0.15, 0.2) is 70.0 Å². The predicted molar refractivity (Wildman–Crippen MR) is 121 cm³/mol. The fraction of sp³-hybridized carbons (Fsp3) is 0.0952. The quantitative estimate of drug-likeness (QED) is 0.487. The molecule has 0 spiro atoms. The lowest BCUT2D eigenvalue weighted by atomic mass is 10.1. The molecule has 3 aromatic rings. The zero-order chi connectivity index (χ0) is 21.9. The second-order valence-electron chi connectivity index (χ2n) is 6.57. The third-order valence-electron chi connectivity index (χ3n) is 4.20. The lowest BCUT2D eigenvalue weighted by Crippen LogP contribution is -2.15. The number of carbonyl (C=O) groups excluding carboxylic acids is 1. The van der Waals surface area contributed by atoms with E-state index in [1.165, 1.54) is 24.3 Å². The van der Waals surface area contributed by atoms with Crippen molar-refractivity contribution < 1.29 is 17.9 Å². The molecule has 0 bridgehead atoms. The Balaban J connectivity index is 1.71. The average Bonchev–Trinajstić information content (AvgIpc) is 2.67. The molecule has 6 nitrogen and oxygen atoms in total. The van der Waals surface area contributed by atoms with Crippen LogP contribution in [-0.4, -0.2) is 14.3 Å². The lowest BCUT2D eigenvalue weighted by Gasteiger charge is -2.12. The second kappa shape index (κ2) is 9.18. The smallest absolute Gasteiger partial charge is 0.238 e. The van der Waals surface area contributed by atoms with E-state index in [0.29, 0.717) is 22.2 Å². The molecule has 3 N–H and O–H groups in total. The molecule has 0 heterocycles. The maximum absolute atomic E-state index is 12.4. The number of anilines is 1. The highest BCUT2D eigenvalue weighted by Crippen LogP contribution is 2.34. The molecule has 0 aliphatic heterocycles. The Labute approximate surface area is 188 Å². The first kappa shape index (κ1) is 22.3. The molecular formula is C21H18BrClN2O4S. The summed E-state index contributed by atoms with van der Waals surface area (Å²) in [5.41, 5.74) is 2.14. The first-order valence-corrected chi connectivity index (χ1v) is 11.5. The minimum atomic E-state index is -3.78. The zero-order valence-electron chi connectivity index (χ0n) is 15.9. The summed E-state index contributed by atoms with van der Waals surface area (Å²) in [6.45, 7) is 1.91. The normalized spacial score (nSPS) is 11.2. The summed E-state index contributed by atoms with van der Waals surface area (Å²) < 4.78 is 29.3. The third kappa shape index (κ3) is 5.82. The lowest BCUT2D eigenvalue weighted by molar-refractivity contribution is -0.115. The molecular weight excluding hydrogens is 492 g/mol. The molecule has 0 saturated heterocycles. The molecule has 30 heavy (non-hydrogen) atoms. The molecule has 9 heteroatoms. The number of sulfonamides is 1. The Morgan fingerprint density at radius 3 is 2.43 bits per heavy atom. The van der Waals surface area contributed by atoms with Crippen LogP contribution in [0.4, 0.5) is 5.69 Å². The number of halogens is 2. The zero-order valence-corrected chi connectivity index (χ0v) is 19.0. The van der Waals surface area contributed by atoms with Crippen LogP contribution in [0.25, 0.3) is 0 Å². The first-order chi connectivity index (χ1) is 14.1. The fourth-order valence-corrected chi connectivity index (χ4v) is 3.66. The van der Waals surface area contributed by atoms with Crippen LogP contribution in [0.3, 0.4) is 0 Å². The largest absolute Gasteiger partial charge is 0.456 e. The maximum atomic E-state index is 12.4. The topological polar surface area (TPSA) is 98.5 Å². The number of nitrogens with one attached hydrogen (secondary N) is 1. The summed E-state index contributed by atoms with van der Waals surface area (Å²) in [4.78, 5) is 12.4. The number of hydrogen-bond acceptors (Lipinski definition) is 4. The molecule has 0 atom stereocenters. The van der Waals surface area contributed by atoms with Gasteiger partial charge in [-0.3, -0.25) is 4.79 Å². The van der Waals surface area contributed by atoms with Gasteiger partial charge < -0.3 is 10.1 Å². The van der Waals surface area contributed by atoms with Crippen LogP contribution in [0, 0.1) is 6.92 Å². The maximum Gasteiger partial charge on any atom is 0.238 e. The molecule has 0 saturated carbocycles. The van der Waals surface area contributed by atoms with Gasteiger partial charge >= 0.3 is 0 Å². The van der Waals surface area contributed by atoms with Crippen LogP contribution >= 0.6 is 27.5 Å². The number of amides is 1. The minimum absolute atomic E-state index is 0.0204. The molecule has 0 fully saturated rings. The average molecular weight is 510 g/mol. The number of benzene rings is 3. The van der Waals surface area contributed by atoms with Gasteiger partial charge in [0, 0.05) is 16.8 Å². The van der Waals surface area contributed by atoms with Crippen LogP contribution in [0.5, 0.6) is 11.5 Å². The number of rotatable bonds is 6. The van der Waals surface area contributed by atoms with Crippen molar-refractivity contribution in [3.63, 3.8) is 0 Å². The number of ether oxygens (including phenoxy) is 1. The first-order valence-electron chi connectivity index (χ1n) is 8.77. The van der Waals surface area contributed by atoms with E-state index in [9.17, 15) is 13.2 Å². The summed E-state index contributed by atoms with van der Waals surface area (Å²) in [6, 6.07) is 16.4. The van der Waals surface area contributed by atoms with E-state index < -0.39 is 10.0 Å². The van der Waals surface area contributed by atoms with E-state index in [1.807, 2.05) is 19.1 Å². The fourth-order valence-electron chi connectivity index (χ4n) is 2.66. The van der Waals surface area contributed by atoms with Crippen molar-refractivity contribution in [1.82, 2.24) is 0 Å². The number of aryl methyl sites for hydroxylation is 1. The summed E-state index contributed by atoms with van der Waals surface area (Å²) in [6.07, 6.45) is 0.115. The van der Waals surface area contributed by atoms with Crippen molar-refractivity contribution in [3.05, 3.63) is 81.3 Å². The van der Waals surface area contributed by atoms with E-state index in [1.54, 1.807) is 24.3 Å². The van der Waals surface area contributed by atoms with Gasteiger partial charge in [-0.1, -0.05) is 23.7 Å². The Morgan fingerprint density at radius 1 is 1.07 bits per heavy atom. The highest BCUT2D eigenvalue weighted by atomic mass is 79.9. The van der Waals surface area contributed by atoms with Gasteiger partial charge in [0.25, 0.3) is 0 Å². The van der Waals surface area contributed by atoms with Crippen molar-refractivity contribution in [2.75, 3.05) is 5.32 Å². The van der Waals surface area contributed by atoms with Crippen LogP contribution in [0.1, 0.15) is 11.1 Å². The van der Waals surface area contributed by atoms with E-state index >= 15 is 0 Å². The number of primary sulfonamides is 1. The second-order valence-corrected chi connectivity index (χ2v) is 9.42. The van der Waals surface area contributed by atoms with Gasteiger partial charge in [0.1, 0.15) is 11.5 Å².